The van der Waals surface area contributed by atoms with Gasteiger partial charge in [0.2, 0.25) is 0 Å². The summed E-state index contributed by atoms with van der Waals surface area (Å²) in [4.78, 5) is 2.40. The third kappa shape index (κ3) is 4.88. The van der Waals surface area contributed by atoms with E-state index in [-0.39, 0.29) is 10.8 Å². The van der Waals surface area contributed by atoms with E-state index in [1.165, 1.54) is 55.5 Å². The SMILES string of the molecule is CC1(C)c2ccccc2-c2ccc(N(c3ccc(-c4ccc5oc6ccccc6c5c4)cc3)c3ccc(-c4cccc5c4C(C)(C)c4c-5oc5ccccc45)cc3)cc21. The molecule has 0 fully saturated rings. The largest absolute Gasteiger partial charge is 0.456 e. The Balaban J connectivity index is 0.963. The second kappa shape index (κ2) is 12.2. The van der Waals surface area contributed by atoms with E-state index in [1.54, 1.807) is 0 Å². The van der Waals surface area contributed by atoms with Crippen LogP contribution in [-0.2, 0) is 10.8 Å². The van der Waals surface area contributed by atoms with Crippen molar-refractivity contribution in [3.8, 4) is 44.7 Å². The molecule has 8 aromatic carbocycles. The van der Waals surface area contributed by atoms with Crippen LogP contribution in [0.15, 0.2) is 185 Å². The quantitative estimate of drug-likeness (QED) is 0.175. The van der Waals surface area contributed by atoms with E-state index in [4.69, 9.17) is 8.83 Å². The topological polar surface area (TPSA) is 29.5 Å². The number of benzene rings is 8. The number of anilines is 3. The first-order valence-electron chi connectivity index (χ1n) is 20.6. The molecule has 0 aliphatic heterocycles. The summed E-state index contributed by atoms with van der Waals surface area (Å²) in [5.41, 5.74) is 19.7. The van der Waals surface area contributed by atoms with E-state index in [2.05, 4.69) is 196 Å². The Kier molecular flexibility index (Phi) is 7.03. The Hall–Kier alpha value is -7.10. The highest BCUT2D eigenvalue weighted by molar-refractivity contribution is 6.06. The van der Waals surface area contributed by atoms with Gasteiger partial charge in [0.15, 0.2) is 0 Å². The van der Waals surface area contributed by atoms with Crippen LogP contribution < -0.4 is 4.90 Å². The monoisotopic (exact) mass is 759 g/mol. The highest BCUT2D eigenvalue weighted by atomic mass is 16.3. The Morgan fingerprint density at radius 1 is 0.356 bits per heavy atom. The van der Waals surface area contributed by atoms with Crippen molar-refractivity contribution >= 4 is 50.0 Å². The van der Waals surface area contributed by atoms with Gasteiger partial charge in [-0.2, -0.15) is 0 Å². The van der Waals surface area contributed by atoms with Crippen molar-refractivity contribution in [1.82, 2.24) is 0 Å². The van der Waals surface area contributed by atoms with E-state index < -0.39 is 0 Å². The number of furan rings is 2. The Bertz CT molecular complexity index is 3320. The Morgan fingerprint density at radius 3 is 1.71 bits per heavy atom. The molecule has 3 nitrogen and oxygen atoms in total. The minimum atomic E-state index is -0.218. The van der Waals surface area contributed by atoms with E-state index in [0.29, 0.717) is 0 Å². The molecule has 10 aromatic rings. The molecule has 0 bridgehead atoms. The van der Waals surface area contributed by atoms with Gasteiger partial charge < -0.3 is 13.7 Å². The minimum absolute atomic E-state index is 0.115. The van der Waals surface area contributed by atoms with Gasteiger partial charge in [0.25, 0.3) is 0 Å². The van der Waals surface area contributed by atoms with E-state index >= 15 is 0 Å². The maximum atomic E-state index is 6.54. The maximum absolute atomic E-state index is 6.54. The molecule has 282 valence electrons. The molecule has 0 atom stereocenters. The van der Waals surface area contributed by atoms with Crippen molar-refractivity contribution in [3.05, 3.63) is 198 Å². The van der Waals surface area contributed by atoms with Crippen LogP contribution >= 0.6 is 0 Å². The third-order valence-electron chi connectivity index (χ3n) is 13.3. The molecule has 0 saturated heterocycles. The molecule has 2 aliphatic rings. The molecule has 0 N–H and O–H groups in total. The highest BCUT2D eigenvalue weighted by Crippen LogP contribution is 2.56. The second-order valence-corrected chi connectivity index (χ2v) is 17.3. The first-order chi connectivity index (χ1) is 28.8. The maximum Gasteiger partial charge on any atom is 0.139 e. The molecule has 3 heteroatoms. The lowest BCUT2D eigenvalue weighted by Gasteiger charge is -2.29. The molecule has 2 aromatic heterocycles. The molecule has 0 spiro atoms. The molecule has 0 radical (unpaired) electrons. The molecular formula is C56H41NO2. The standard InChI is InChI=1S/C56H41NO2/c1-55(2)47-17-8-5-12-41(47)42-30-29-39(33-48(42)55)57(37-25-20-34(21-26-37)36-24-31-51-46(32-36)43-13-6-9-18-49(43)58-51)38-27-22-35(23-28-38)40-15-11-16-45-52(40)56(3,4)53-44-14-7-10-19-50(44)59-54(45)53/h5-33H,1-4H3. The molecule has 2 aliphatic carbocycles. The predicted molar refractivity (Wildman–Crippen MR) is 244 cm³/mol. The van der Waals surface area contributed by atoms with Crippen LogP contribution in [0, 0.1) is 0 Å². The van der Waals surface area contributed by atoms with Crippen LogP contribution in [0.25, 0.3) is 77.6 Å². The summed E-state index contributed by atoms with van der Waals surface area (Å²) in [6.07, 6.45) is 0. The normalized spacial score (nSPS) is 14.4. The lowest BCUT2D eigenvalue weighted by Crippen LogP contribution is -2.17. The van der Waals surface area contributed by atoms with Crippen LogP contribution in [0.5, 0.6) is 0 Å². The minimum Gasteiger partial charge on any atom is -0.456 e. The zero-order valence-electron chi connectivity index (χ0n) is 33.5. The number of rotatable bonds is 5. The van der Waals surface area contributed by atoms with Gasteiger partial charge in [-0.05, 0) is 111 Å². The summed E-state index contributed by atoms with van der Waals surface area (Å²) in [7, 11) is 0. The zero-order chi connectivity index (χ0) is 39.6. The molecule has 59 heavy (non-hydrogen) atoms. The molecule has 12 rings (SSSR count). The van der Waals surface area contributed by atoms with E-state index in [1.807, 2.05) is 12.1 Å². The van der Waals surface area contributed by atoms with Gasteiger partial charge in [-0.25, -0.2) is 0 Å². The van der Waals surface area contributed by atoms with Crippen molar-refractivity contribution < 1.29 is 8.83 Å². The van der Waals surface area contributed by atoms with Gasteiger partial charge >= 0.3 is 0 Å². The number of para-hydroxylation sites is 2. The fourth-order valence-corrected chi connectivity index (χ4v) is 10.4. The number of hydrogen-bond acceptors (Lipinski definition) is 3. The van der Waals surface area contributed by atoms with Gasteiger partial charge in [-0.15, -0.1) is 0 Å². The van der Waals surface area contributed by atoms with Gasteiger partial charge in [0, 0.05) is 55.2 Å². The third-order valence-corrected chi connectivity index (χ3v) is 13.3. The number of fused-ring (bicyclic) bond motifs is 11. The summed E-state index contributed by atoms with van der Waals surface area (Å²) in [6, 6.07) is 63.9. The predicted octanol–water partition coefficient (Wildman–Crippen LogP) is 15.7. The Morgan fingerprint density at radius 2 is 0.932 bits per heavy atom. The fourth-order valence-electron chi connectivity index (χ4n) is 10.4. The van der Waals surface area contributed by atoms with Crippen LogP contribution in [0.4, 0.5) is 17.1 Å². The van der Waals surface area contributed by atoms with Gasteiger partial charge in [0.1, 0.15) is 22.5 Å². The van der Waals surface area contributed by atoms with Gasteiger partial charge in [0.05, 0.1) is 0 Å². The van der Waals surface area contributed by atoms with Crippen molar-refractivity contribution in [2.24, 2.45) is 0 Å². The first-order valence-corrected chi connectivity index (χ1v) is 20.6. The summed E-state index contributed by atoms with van der Waals surface area (Å²) in [5.74, 6) is 0.999. The zero-order valence-corrected chi connectivity index (χ0v) is 33.5. The molecular weight excluding hydrogens is 719 g/mol. The highest BCUT2D eigenvalue weighted by Gasteiger charge is 2.42. The molecule has 0 saturated carbocycles. The summed E-state index contributed by atoms with van der Waals surface area (Å²) in [5, 5.41) is 3.47. The van der Waals surface area contributed by atoms with Gasteiger partial charge in [-0.3, -0.25) is 0 Å². The summed E-state index contributed by atoms with van der Waals surface area (Å²) >= 11 is 0. The van der Waals surface area contributed by atoms with E-state index in [0.717, 1.165) is 61.5 Å². The first kappa shape index (κ1) is 34.0. The number of hydrogen-bond donors (Lipinski definition) is 0. The van der Waals surface area contributed by atoms with Crippen LogP contribution in [0.2, 0.25) is 0 Å². The van der Waals surface area contributed by atoms with Crippen molar-refractivity contribution in [3.63, 3.8) is 0 Å². The lowest BCUT2D eigenvalue weighted by molar-refractivity contribution is 0.619. The number of nitrogens with zero attached hydrogens (tertiary/aromatic N) is 1. The average molecular weight is 760 g/mol. The van der Waals surface area contributed by atoms with Gasteiger partial charge in [-0.1, -0.05) is 143 Å². The van der Waals surface area contributed by atoms with Crippen molar-refractivity contribution in [2.75, 3.05) is 4.90 Å². The second-order valence-electron chi connectivity index (χ2n) is 17.3. The van der Waals surface area contributed by atoms with Crippen LogP contribution in [-0.4, -0.2) is 0 Å². The fraction of sp³-hybridized carbons (Fsp3) is 0.107. The van der Waals surface area contributed by atoms with Crippen molar-refractivity contribution in [1.29, 1.82) is 0 Å². The van der Waals surface area contributed by atoms with Crippen LogP contribution in [0.3, 0.4) is 0 Å². The Labute approximate surface area is 343 Å². The van der Waals surface area contributed by atoms with Crippen LogP contribution in [0.1, 0.15) is 49.9 Å². The summed E-state index contributed by atoms with van der Waals surface area (Å²) in [6.45, 7) is 9.38. The summed E-state index contributed by atoms with van der Waals surface area (Å²) < 4.78 is 12.7. The smallest absolute Gasteiger partial charge is 0.139 e. The molecule has 2 heterocycles. The van der Waals surface area contributed by atoms with Crippen molar-refractivity contribution in [2.45, 2.75) is 38.5 Å². The molecule has 0 unspecified atom stereocenters. The lowest BCUT2D eigenvalue weighted by atomic mass is 9.78. The molecule has 0 amide bonds. The van der Waals surface area contributed by atoms with E-state index in [9.17, 15) is 0 Å². The average Bonchev–Trinajstić information content (AvgIpc) is 3.97.